The van der Waals surface area contributed by atoms with E-state index in [1.165, 1.54) is 0 Å². The summed E-state index contributed by atoms with van der Waals surface area (Å²) in [4.78, 5) is 37.2. The molecule has 3 aliphatic rings. The summed E-state index contributed by atoms with van der Waals surface area (Å²) in [6.07, 6.45) is 5.32. The molecular weight excluding hydrogens is 272 g/mol. The zero-order valence-corrected chi connectivity index (χ0v) is 12.2. The molecule has 116 valence electrons. The number of rotatable bonds is 4. The monoisotopic (exact) mass is 294 g/mol. The van der Waals surface area contributed by atoms with E-state index in [0.29, 0.717) is 19.5 Å². The molecule has 0 aromatic heterocycles. The summed E-state index contributed by atoms with van der Waals surface area (Å²) in [6.45, 7) is 1.79. The largest absolute Gasteiger partial charge is 0.458 e. The average molecular weight is 294 g/mol. The molecule has 6 heteroatoms. The van der Waals surface area contributed by atoms with Crippen LogP contribution in [0.5, 0.6) is 0 Å². The Morgan fingerprint density at radius 1 is 1.29 bits per heavy atom. The minimum Gasteiger partial charge on any atom is -0.458 e. The van der Waals surface area contributed by atoms with Crippen LogP contribution >= 0.6 is 0 Å². The fourth-order valence-corrected chi connectivity index (χ4v) is 3.83. The highest BCUT2D eigenvalue weighted by Gasteiger charge is 2.53. The fraction of sp³-hybridized carbons (Fsp3) is 0.800. The number of carbonyl (C=O) groups excluding carboxylic acids is 3. The summed E-state index contributed by atoms with van der Waals surface area (Å²) in [6, 6.07) is 0. The Balaban J connectivity index is 1.52. The van der Waals surface area contributed by atoms with E-state index in [0.717, 1.165) is 38.6 Å². The number of likely N-dealkylation sites (tertiary alicyclic amines) is 1. The third kappa shape index (κ3) is 2.76. The summed E-state index contributed by atoms with van der Waals surface area (Å²) >= 11 is 0. The Labute approximate surface area is 124 Å². The van der Waals surface area contributed by atoms with Gasteiger partial charge < -0.3 is 15.0 Å². The lowest BCUT2D eigenvalue weighted by Crippen LogP contribution is -2.44. The average Bonchev–Trinajstić information content (AvgIpc) is 3.14. The maximum Gasteiger partial charge on any atom is 0.307 e. The third-order valence-electron chi connectivity index (χ3n) is 4.94. The first-order valence-corrected chi connectivity index (χ1v) is 7.88. The molecule has 3 fully saturated rings. The van der Waals surface area contributed by atoms with Gasteiger partial charge in [-0.3, -0.25) is 14.4 Å². The van der Waals surface area contributed by atoms with Crippen molar-refractivity contribution in [2.75, 3.05) is 19.6 Å². The molecule has 2 heterocycles. The maximum absolute atomic E-state index is 12.4. The van der Waals surface area contributed by atoms with Crippen molar-refractivity contribution in [3.63, 3.8) is 0 Å². The molecule has 6 nitrogen and oxygen atoms in total. The number of nitrogens with zero attached hydrogens (tertiary/aromatic N) is 1. The van der Waals surface area contributed by atoms with E-state index in [4.69, 9.17) is 4.74 Å². The molecular formula is C15H22N2O4. The van der Waals surface area contributed by atoms with E-state index in [-0.39, 0.29) is 30.1 Å². The second-order valence-corrected chi connectivity index (χ2v) is 6.28. The predicted octanol–water partition coefficient (Wildman–Crippen LogP) is 0.601. The molecule has 1 atom stereocenters. The lowest BCUT2D eigenvalue weighted by molar-refractivity contribution is -0.150. The number of esters is 1. The first-order valence-electron chi connectivity index (χ1n) is 7.88. The van der Waals surface area contributed by atoms with Gasteiger partial charge in [-0.15, -0.1) is 0 Å². The van der Waals surface area contributed by atoms with Gasteiger partial charge in [0.15, 0.2) is 0 Å². The highest BCUT2D eigenvalue weighted by Crippen LogP contribution is 2.45. The predicted molar refractivity (Wildman–Crippen MR) is 74.2 cm³/mol. The first-order chi connectivity index (χ1) is 10.1. The fourth-order valence-electron chi connectivity index (χ4n) is 3.83. The second kappa shape index (κ2) is 5.66. The topological polar surface area (TPSA) is 75.7 Å². The summed E-state index contributed by atoms with van der Waals surface area (Å²) in [5.74, 6) is -0.557. The number of nitrogens with one attached hydrogen (secondary N) is 1. The maximum atomic E-state index is 12.4. The van der Waals surface area contributed by atoms with Crippen LogP contribution in [0.25, 0.3) is 0 Å². The molecule has 2 amide bonds. The Morgan fingerprint density at radius 2 is 2.05 bits per heavy atom. The van der Waals surface area contributed by atoms with Gasteiger partial charge in [-0.05, 0) is 32.1 Å². The first kappa shape index (κ1) is 14.4. The van der Waals surface area contributed by atoms with Crippen molar-refractivity contribution in [3.8, 4) is 0 Å². The van der Waals surface area contributed by atoms with E-state index < -0.39 is 5.60 Å². The molecule has 0 radical (unpaired) electrons. The van der Waals surface area contributed by atoms with E-state index >= 15 is 0 Å². The zero-order valence-electron chi connectivity index (χ0n) is 12.2. The summed E-state index contributed by atoms with van der Waals surface area (Å²) in [5, 5.41) is 2.88. The van der Waals surface area contributed by atoms with Gasteiger partial charge in [-0.1, -0.05) is 0 Å². The van der Waals surface area contributed by atoms with Crippen molar-refractivity contribution in [2.45, 2.75) is 50.5 Å². The standard InChI is InChI=1S/C15H22N2O4/c18-12-4-3-8-17(12)9-7-16-14(20)11-10-13(19)21-15(11)5-1-2-6-15/h11H,1-10H2,(H,16,20). The van der Waals surface area contributed by atoms with Gasteiger partial charge in [0.1, 0.15) is 5.60 Å². The third-order valence-corrected chi connectivity index (χ3v) is 4.94. The van der Waals surface area contributed by atoms with Crippen molar-refractivity contribution in [1.29, 1.82) is 0 Å². The second-order valence-electron chi connectivity index (χ2n) is 6.28. The minimum absolute atomic E-state index is 0.102. The van der Waals surface area contributed by atoms with Gasteiger partial charge in [0.25, 0.3) is 0 Å². The lowest BCUT2D eigenvalue weighted by atomic mass is 9.85. The van der Waals surface area contributed by atoms with E-state index in [1.807, 2.05) is 0 Å². The highest BCUT2D eigenvalue weighted by molar-refractivity contribution is 5.88. The van der Waals surface area contributed by atoms with Crippen LogP contribution in [-0.4, -0.2) is 47.9 Å². The number of carbonyl (C=O) groups is 3. The van der Waals surface area contributed by atoms with E-state index in [9.17, 15) is 14.4 Å². The highest BCUT2D eigenvalue weighted by atomic mass is 16.6. The molecule has 1 spiro atoms. The summed E-state index contributed by atoms with van der Waals surface area (Å²) in [7, 11) is 0. The number of hydrogen-bond acceptors (Lipinski definition) is 4. The molecule has 21 heavy (non-hydrogen) atoms. The van der Waals surface area contributed by atoms with Crippen molar-refractivity contribution >= 4 is 17.8 Å². The van der Waals surface area contributed by atoms with Crippen LogP contribution in [-0.2, 0) is 19.1 Å². The zero-order chi connectivity index (χ0) is 14.9. The normalized spacial score (nSPS) is 27.4. The van der Waals surface area contributed by atoms with Crippen molar-refractivity contribution in [1.82, 2.24) is 10.2 Å². The Morgan fingerprint density at radius 3 is 2.71 bits per heavy atom. The minimum atomic E-state index is -0.551. The van der Waals surface area contributed by atoms with Crippen LogP contribution in [0.15, 0.2) is 0 Å². The van der Waals surface area contributed by atoms with Crippen LogP contribution in [0.4, 0.5) is 0 Å². The van der Waals surface area contributed by atoms with Crippen LogP contribution < -0.4 is 5.32 Å². The van der Waals surface area contributed by atoms with Gasteiger partial charge >= 0.3 is 5.97 Å². The van der Waals surface area contributed by atoms with Gasteiger partial charge in [-0.2, -0.15) is 0 Å². The van der Waals surface area contributed by atoms with Crippen LogP contribution in [0.2, 0.25) is 0 Å². The number of hydrogen-bond donors (Lipinski definition) is 1. The molecule has 0 aromatic rings. The number of ether oxygens (including phenoxy) is 1. The molecule has 1 aliphatic carbocycles. The van der Waals surface area contributed by atoms with Crippen LogP contribution in [0.3, 0.4) is 0 Å². The summed E-state index contributed by atoms with van der Waals surface area (Å²) in [5.41, 5.74) is -0.551. The molecule has 1 saturated carbocycles. The quantitative estimate of drug-likeness (QED) is 0.770. The molecule has 1 unspecified atom stereocenters. The van der Waals surface area contributed by atoms with E-state index in [2.05, 4.69) is 5.32 Å². The molecule has 1 N–H and O–H groups in total. The van der Waals surface area contributed by atoms with E-state index in [1.54, 1.807) is 4.90 Å². The smallest absolute Gasteiger partial charge is 0.307 e. The molecule has 0 aromatic carbocycles. The van der Waals surface area contributed by atoms with Crippen LogP contribution in [0, 0.1) is 5.92 Å². The lowest BCUT2D eigenvalue weighted by Gasteiger charge is -2.28. The summed E-state index contributed by atoms with van der Waals surface area (Å²) < 4.78 is 5.48. The molecule has 2 saturated heterocycles. The number of amides is 2. The SMILES string of the molecule is O=C1CC(C(=O)NCCN2CCCC2=O)C2(CCCC2)O1. The van der Waals surface area contributed by atoms with Crippen molar-refractivity contribution in [3.05, 3.63) is 0 Å². The molecule has 0 bridgehead atoms. The Bertz CT molecular complexity index is 457. The Kier molecular flexibility index (Phi) is 3.87. The van der Waals surface area contributed by atoms with Crippen molar-refractivity contribution < 1.29 is 19.1 Å². The van der Waals surface area contributed by atoms with Gasteiger partial charge in [0.2, 0.25) is 11.8 Å². The van der Waals surface area contributed by atoms with Crippen LogP contribution in [0.1, 0.15) is 44.9 Å². The van der Waals surface area contributed by atoms with Crippen molar-refractivity contribution in [2.24, 2.45) is 5.92 Å². The Hall–Kier alpha value is -1.59. The van der Waals surface area contributed by atoms with Gasteiger partial charge in [0.05, 0.1) is 12.3 Å². The van der Waals surface area contributed by atoms with Gasteiger partial charge in [-0.25, -0.2) is 0 Å². The molecule has 3 rings (SSSR count). The van der Waals surface area contributed by atoms with Gasteiger partial charge in [0, 0.05) is 26.1 Å². The molecule has 2 aliphatic heterocycles.